The van der Waals surface area contributed by atoms with Gasteiger partial charge < -0.3 is 9.64 Å². The first kappa shape index (κ1) is 17.1. The summed E-state index contributed by atoms with van der Waals surface area (Å²) < 4.78 is 18.9. The van der Waals surface area contributed by atoms with Gasteiger partial charge in [0.05, 0.1) is 12.5 Å². The predicted octanol–water partition coefficient (Wildman–Crippen LogP) is 4.12. The number of benzene rings is 1. The average molecular weight is 347 g/mol. The Balaban J connectivity index is 1.64. The number of rotatable bonds is 4. The van der Waals surface area contributed by atoms with E-state index in [4.69, 9.17) is 4.74 Å². The zero-order valence-corrected chi connectivity index (χ0v) is 14.8. The highest BCUT2D eigenvalue weighted by atomic mass is 32.1. The van der Waals surface area contributed by atoms with Crippen molar-refractivity contribution in [3.8, 4) is 0 Å². The Morgan fingerprint density at radius 1 is 1.33 bits per heavy atom. The first-order valence-corrected chi connectivity index (χ1v) is 9.08. The van der Waals surface area contributed by atoms with Crippen LogP contribution in [0.1, 0.15) is 34.9 Å². The molecule has 0 saturated carbocycles. The maximum atomic E-state index is 13.1. The van der Waals surface area contributed by atoms with E-state index >= 15 is 0 Å². The molecule has 0 radical (unpaired) electrons. The van der Waals surface area contributed by atoms with Crippen LogP contribution in [0.25, 0.3) is 0 Å². The highest BCUT2D eigenvalue weighted by molar-refractivity contribution is 7.10. The molecule has 1 aliphatic heterocycles. The maximum absolute atomic E-state index is 13.1. The van der Waals surface area contributed by atoms with E-state index in [1.165, 1.54) is 17.0 Å². The fraction of sp³-hybridized carbons (Fsp3) is 0.421. The van der Waals surface area contributed by atoms with E-state index in [1.807, 2.05) is 30.3 Å². The van der Waals surface area contributed by atoms with Crippen LogP contribution in [-0.2, 0) is 16.0 Å². The van der Waals surface area contributed by atoms with Gasteiger partial charge in [-0.3, -0.25) is 4.79 Å². The van der Waals surface area contributed by atoms with Gasteiger partial charge in [0.15, 0.2) is 0 Å². The summed E-state index contributed by atoms with van der Waals surface area (Å²) in [7, 11) is 1.88. The Morgan fingerprint density at radius 3 is 2.75 bits per heavy atom. The van der Waals surface area contributed by atoms with E-state index in [0.29, 0.717) is 13.0 Å². The third-order valence-electron chi connectivity index (χ3n) is 4.75. The summed E-state index contributed by atoms with van der Waals surface area (Å²) in [5.74, 6) is -0.106. The van der Waals surface area contributed by atoms with Crippen molar-refractivity contribution in [2.75, 3.05) is 13.7 Å². The molecule has 0 unspecified atom stereocenters. The zero-order chi connectivity index (χ0) is 17.1. The second-order valence-electron chi connectivity index (χ2n) is 6.27. The first-order chi connectivity index (χ1) is 11.5. The third-order valence-corrected chi connectivity index (χ3v) is 5.64. The quantitative estimate of drug-likeness (QED) is 0.833. The van der Waals surface area contributed by atoms with Crippen molar-refractivity contribution in [1.82, 2.24) is 4.90 Å². The number of halogens is 1. The molecule has 1 saturated heterocycles. The molecule has 0 aliphatic carbocycles. The third kappa shape index (κ3) is 3.84. The Bertz CT molecular complexity index is 698. The van der Waals surface area contributed by atoms with Crippen LogP contribution in [0.15, 0.2) is 35.7 Å². The molecule has 24 heavy (non-hydrogen) atoms. The number of amides is 1. The van der Waals surface area contributed by atoms with E-state index in [0.717, 1.165) is 24.0 Å². The van der Waals surface area contributed by atoms with Gasteiger partial charge in [-0.2, -0.15) is 0 Å². The topological polar surface area (TPSA) is 29.5 Å². The lowest BCUT2D eigenvalue weighted by molar-refractivity contribution is -0.134. The monoisotopic (exact) mass is 347 g/mol. The standard InChI is InChI=1S/C19H22FNO2S/c1-13-15(8-10-24-13)11-19(22)21(2)17-7-9-23-18(12-17)14-3-5-16(20)6-4-14/h3-6,8,10,17-18H,7,9,11-12H2,1-2H3/t17-,18-/m1/s1. The Morgan fingerprint density at radius 2 is 2.08 bits per heavy atom. The van der Waals surface area contributed by atoms with Crippen LogP contribution >= 0.6 is 11.3 Å². The minimum Gasteiger partial charge on any atom is -0.373 e. The molecule has 0 bridgehead atoms. The number of hydrogen-bond acceptors (Lipinski definition) is 3. The fourth-order valence-electron chi connectivity index (χ4n) is 3.13. The predicted molar refractivity (Wildman–Crippen MR) is 93.6 cm³/mol. The number of ether oxygens (including phenoxy) is 1. The molecule has 3 nitrogen and oxygen atoms in total. The van der Waals surface area contributed by atoms with E-state index < -0.39 is 0 Å². The largest absolute Gasteiger partial charge is 0.373 e. The molecule has 5 heteroatoms. The molecular formula is C19H22FNO2S. The highest BCUT2D eigenvalue weighted by Crippen LogP contribution is 2.30. The van der Waals surface area contributed by atoms with E-state index in [1.54, 1.807) is 23.5 Å². The van der Waals surface area contributed by atoms with Gasteiger partial charge in [-0.1, -0.05) is 12.1 Å². The summed E-state index contributed by atoms with van der Waals surface area (Å²) in [6, 6.07) is 8.61. The summed E-state index contributed by atoms with van der Waals surface area (Å²) in [6.45, 7) is 2.66. The van der Waals surface area contributed by atoms with E-state index in [2.05, 4.69) is 0 Å². The van der Waals surface area contributed by atoms with Crippen molar-refractivity contribution in [2.24, 2.45) is 0 Å². The molecular weight excluding hydrogens is 325 g/mol. The molecule has 1 aromatic carbocycles. The molecule has 1 aliphatic rings. The average Bonchev–Trinajstić information content (AvgIpc) is 3.00. The van der Waals surface area contributed by atoms with Gasteiger partial charge in [0.2, 0.25) is 5.91 Å². The lowest BCUT2D eigenvalue weighted by Gasteiger charge is -2.35. The molecule has 0 spiro atoms. The maximum Gasteiger partial charge on any atom is 0.227 e. The lowest BCUT2D eigenvalue weighted by atomic mass is 9.96. The number of carbonyl (C=O) groups excluding carboxylic acids is 1. The Labute approximate surface area is 146 Å². The van der Waals surface area contributed by atoms with Crippen LogP contribution in [0.5, 0.6) is 0 Å². The van der Waals surface area contributed by atoms with Crippen molar-refractivity contribution in [1.29, 1.82) is 0 Å². The summed E-state index contributed by atoms with van der Waals surface area (Å²) in [5, 5.41) is 2.02. The van der Waals surface area contributed by atoms with Gasteiger partial charge in [0, 0.05) is 24.6 Å². The normalized spacial score (nSPS) is 20.8. The Kier molecular flexibility index (Phi) is 5.31. The fourth-order valence-corrected chi connectivity index (χ4v) is 3.85. The van der Waals surface area contributed by atoms with Gasteiger partial charge in [-0.05, 0) is 54.5 Å². The van der Waals surface area contributed by atoms with Crippen LogP contribution < -0.4 is 0 Å². The number of likely N-dealkylation sites (N-methyl/N-ethyl adjacent to an activating group) is 1. The lowest BCUT2D eigenvalue weighted by Crippen LogP contribution is -2.42. The van der Waals surface area contributed by atoms with Gasteiger partial charge in [0.25, 0.3) is 0 Å². The summed E-state index contributed by atoms with van der Waals surface area (Å²) >= 11 is 1.67. The van der Waals surface area contributed by atoms with E-state index in [-0.39, 0.29) is 23.9 Å². The molecule has 2 heterocycles. The minimum atomic E-state index is -0.246. The van der Waals surface area contributed by atoms with Crippen LogP contribution in [0.3, 0.4) is 0 Å². The Hall–Kier alpha value is -1.72. The molecule has 2 aromatic rings. The minimum absolute atomic E-state index is 0.0810. The van der Waals surface area contributed by atoms with Crippen LogP contribution in [-0.4, -0.2) is 30.5 Å². The van der Waals surface area contributed by atoms with E-state index in [9.17, 15) is 9.18 Å². The molecule has 3 rings (SSSR count). The van der Waals surface area contributed by atoms with Crippen molar-refractivity contribution in [3.05, 3.63) is 57.5 Å². The second kappa shape index (κ2) is 7.45. The number of carbonyl (C=O) groups is 1. The number of thiophene rings is 1. The van der Waals surface area contributed by atoms with Crippen molar-refractivity contribution in [3.63, 3.8) is 0 Å². The van der Waals surface area contributed by atoms with Gasteiger partial charge in [0.1, 0.15) is 5.82 Å². The van der Waals surface area contributed by atoms with Gasteiger partial charge in [-0.25, -0.2) is 4.39 Å². The molecule has 2 atom stereocenters. The van der Waals surface area contributed by atoms with Crippen LogP contribution in [0.2, 0.25) is 0 Å². The molecule has 0 N–H and O–H groups in total. The van der Waals surface area contributed by atoms with Crippen molar-refractivity contribution >= 4 is 17.2 Å². The number of aryl methyl sites for hydroxylation is 1. The molecule has 1 amide bonds. The smallest absolute Gasteiger partial charge is 0.227 e. The second-order valence-corrected chi connectivity index (χ2v) is 7.39. The van der Waals surface area contributed by atoms with Crippen molar-refractivity contribution < 1.29 is 13.9 Å². The highest BCUT2D eigenvalue weighted by Gasteiger charge is 2.29. The van der Waals surface area contributed by atoms with Crippen LogP contribution in [0, 0.1) is 12.7 Å². The summed E-state index contributed by atoms with van der Waals surface area (Å²) in [5.41, 5.74) is 2.08. The summed E-state index contributed by atoms with van der Waals surface area (Å²) in [6.07, 6.45) is 1.95. The molecule has 1 fully saturated rings. The first-order valence-electron chi connectivity index (χ1n) is 8.20. The number of hydrogen-bond donors (Lipinski definition) is 0. The van der Waals surface area contributed by atoms with Gasteiger partial charge in [-0.15, -0.1) is 11.3 Å². The molecule has 128 valence electrons. The molecule has 1 aromatic heterocycles. The van der Waals surface area contributed by atoms with Crippen molar-refractivity contribution in [2.45, 2.75) is 38.3 Å². The van der Waals surface area contributed by atoms with Crippen LogP contribution in [0.4, 0.5) is 4.39 Å². The number of nitrogens with zero attached hydrogens (tertiary/aromatic N) is 1. The summed E-state index contributed by atoms with van der Waals surface area (Å²) in [4.78, 5) is 15.6. The SMILES string of the molecule is Cc1sccc1CC(=O)N(C)[C@@H]1CCO[C@@H](c2ccc(F)cc2)C1. The van der Waals surface area contributed by atoms with Gasteiger partial charge >= 0.3 is 0 Å². The zero-order valence-electron chi connectivity index (χ0n) is 14.0.